The summed E-state index contributed by atoms with van der Waals surface area (Å²) in [7, 11) is 5.19. The number of imidazole rings is 1. The van der Waals surface area contributed by atoms with Crippen LogP contribution in [0.1, 0.15) is 29.6 Å². The molecule has 1 aliphatic rings. The summed E-state index contributed by atoms with van der Waals surface area (Å²) in [5, 5.41) is 8.51. The van der Waals surface area contributed by atoms with Gasteiger partial charge < -0.3 is 14.4 Å². The minimum atomic E-state index is -3.08. The lowest BCUT2D eigenvalue weighted by Gasteiger charge is -2.16. The summed E-state index contributed by atoms with van der Waals surface area (Å²) in [6, 6.07) is 10.6. The van der Waals surface area contributed by atoms with E-state index in [1.54, 1.807) is 12.3 Å². The zero-order valence-corrected chi connectivity index (χ0v) is 20.1. The van der Waals surface area contributed by atoms with Gasteiger partial charge in [-0.25, -0.2) is 4.98 Å². The van der Waals surface area contributed by atoms with Crippen LogP contribution >= 0.6 is 0 Å². The maximum atomic E-state index is 13.3. The molecular weight excluding hydrogens is 468 g/mol. The molecule has 1 aliphatic carbocycles. The van der Waals surface area contributed by atoms with Crippen LogP contribution < -0.4 is 14.4 Å². The molecule has 0 spiro atoms. The topological polar surface area (TPSA) is 81.8 Å². The summed E-state index contributed by atoms with van der Waals surface area (Å²) < 4.78 is 38.6. The molecule has 0 amide bonds. The molecule has 1 aromatic carbocycles. The van der Waals surface area contributed by atoms with Gasteiger partial charge in [-0.1, -0.05) is 0 Å². The lowest BCUT2D eigenvalue weighted by Crippen LogP contribution is -2.11. The summed E-state index contributed by atoms with van der Waals surface area (Å²) in [5.41, 5.74) is 3.36. The number of ether oxygens (including phenoxy) is 2. The molecule has 0 saturated heterocycles. The largest absolute Gasteiger partial charge is 0.496 e. The van der Waals surface area contributed by atoms with E-state index in [-0.39, 0.29) is 35.2 Å². The fourth-order valence-corrected chi connectivity index (χ4v) is 4.12. The van der Waals surface area contributed by atoms with Gasteiger partial charge in [0.2, 0.25) is 0 Å². The van der Waals surface area contributed by atoms with Gasteiger partial charge in [0.05, 0.1) is 24.7 Å². The maximum absolute atomic E-state index is 13.3. The lowest BCUT2D eigenvalue weighted by atomic mass is 10.00. The molecule has 0 radical (unpaired) electrons. The number of hydrogen-bond donors (Lipinski definition) is 0. The molecule has 0 aliphatic heterocycles. The highest BCUT2D eigenvalue weighted by atomic mass is 19.3. The van der Waals surface area contributed by atoms with Crippen molar-refractivity contribution in [3.63, 3.8) is 0 Å². The van der Waals surface area contributed by atoms with Gasteiger partial charge in [-0.05, 0) is 55.2 Å². The molecule has 3 heterocycles. The van der Waals surface area contributed by atoms with E-state index in [0.29, 0.717) is 22.6 Å². The first-order valence-electron chi connectivity index (χ1n) is 11.5. The first kappa shape index (κ1) is 23.7. The summed E-state index contributed by atoms with van der Waals surface area (Å²) in [4.78, 5) is 19.2. The first-order valence-corrected chi connectivity index (χ1v) is 11.5. The summed E-state index contributed by atoms with van der Waals surface area (Å²) in [5.74, 6) is 0.765. The predicted octanol–water partition coefficient (Wildman–Crippen LogP) is 5.12. The molecule has 1 fully saturated rings. The van der Waals surface area contributed by atoms with Crippen LogP contribution in [0.2, 0.25) is 0 Å². The Hall–Kier alpha value is -4.08. The van der Waals surface area contributed by atoms with E-state index in [9.17, 15) is 13.6 Å². The highest BCUT2D eigenvalue weighted by molar-refractivity contribution is 6.02. The monoisotopic (exact) mass is 493 g/mol. The number of nitrogens with zero attached hydrogens (tertiary/aromatic N) is 5. The normalized spacial score (nSPS) is 13.3. The van der Waals surface area contributed by atoms with Crippen molar-refractivity contribution in [2.75, 3.05) is 26.1 Å². The average molecular weight is 494 g/mol. The van der Waals surface area contributed by atoms with Crippen molar-refractivity contribution in [2.45, 2.75) is 25.9 Å². The molecule has 3 aromatic heterocycles. The second kappa shape index (κ2) is 9.52. The van der Waals surface area contributed by atoms with Crippen molar-refractivity contribution < 1.29 is 23.0 Å². The van der Waals surface area contributed by atoms with Gasteiger partial charge in [0.15, 0.2) is 11.6 Å². The minimum Gasteiger partial charge on any atom is -0.496 e. The number of benzene rings is 1. The highest BCUT2D eigenvalue weighted by Gasteiger charge is 2.29. The van der Waals surface area contributed by atoms with Crippen molar-refractivity contribution in [1.82, 2.24) is 19.6 Å². The van der Waals surface area contributed by atoms with Gasteiger partial charge in [0, 0.05) is 37.8 Å². The molecule has 0 N–H and O–H groups in total. The fourth-order valence-electron chi connectivity index (χ4n) is 4.12. The van der Waals surface area contributed by atoms with Crippen LogP contribution in [0.25, 0.3) is 28.2 Å². The number of carbonyl (C=O) groups excluding carboxylic acids is 1. The number of rotatable bonds is 9. The lowest BCUT2D eigenvalue weighted by molar-refractivity contribution is -0.0502. The zero-order valence-electron chi connectivity index (χ0n) is 20.1. The Morgan fingerprint density at radius 2 is 1.89 bits per heavy atom. The van der Waals surface area contributed by atoms with Crippen LogP contribution in [-0.4, -0.2) is 53.2 Å². The van der Waals surface area contributed by atoms with Gasteiger partial charge in [0.25, 0.3) is 0 Å². The van der Waals surface area contributed by atoms with E-state index in [1.807, 2.05) is 53.9 Å². The van der Waals surface area contributed by atoms with Crippen molar-refractivity contribution in [2.24, 2.45) is 5.92 Å². The summed E-state index contributed by atoms with van der Waals surface area (Å²) >= 11 is 0. The van der Waals surface area contributed by atoms with Gasteiger partial charge in [-0.2, -0.15) is 8.78 Å². The van der Waals surface area contributed by atoms with E-state index in [2.05, 4.69) is 15.2 Å². The molecule has 1 saturated carbocycles. The van der Waals surface area contributed by atoms with Crippen molar-refractivity contribution in [3.8, 4) is 34.0 Å². The molecule has 36 heavy (non-hydrogen) atoms. The van der Waals surface area contributed by atoms with Crippen molar-refractivity contribution >= 4 is 17.2 Å². The number of alkyl halides is 2. The van der Waals surface area contributed by atoms with Gasteiger partial charge >= 0.3 is 6.61 Å². The van der Waals surface area contributed by atoms with Crippen LogP contribution in [-0.2, 0) is 0 Å². The van der Waals surface area contributed by atoms with E-state index >= 15 is 0 Å². The molecule has 186 valence electrons. The Balaban J connectivity index is 1.54. The number of ketones is 1. The van der Waals surface area contributed by atoms with E-state index in [1.165, 1.54) is 13.2 Å². The minimum absolute atomic E-state index is 0.0457. The average Bonchev–Trinajstić information content (AvgIpc) is 3.57. The van der Waals surface area contributed by atoms with Crippen LogP contribution in [0.5, 0.6) is 11.5 Å². The number of aromatic nitrogens is 4. The molecule has 0 unspecified atom stereocenters. The quantitative estimate of drug-likeness (QED) is 0.300. The number of anilines is 1. The molecule has 0 bridgehead atoms. The number of hydrogen-bond acceptors (Lipinski definition) is 7. The third kappa shape index (κ3) is 4.71. The van der Waals surface area contributed by atoms with Crippen molar-refractivity contribution in [1.29, 1.82) is 0 Å². The van der Waals surface area contributed by atoms with Crippen LogP contribution in [0.3, 0.4) is 0 Å². The highest BCUT2D eigenvalue weighted by Crippen LogP contribution is 2.40. The molecule has 8 nitrogen and oxygen atoms in total. The maximum Gasteiger partial charge on any atom is 0.387 e. The molecule has 0 atom stereocenters. The molecule has 10 heteroatoms. The summed E-state index contributed by atoms with van der Waals surface area (Å²) in [6.45, 7) is -3.08. The van der Waals surface area contributed by atoms with Crippen LogP contribution in [0.15, 0.2) is 48.8 Å². The van der Waals surface area contributed by atoms with Gasteiger partial charge in [-0.15, -0.1) is 10.2 Å². The van der Waals surface area contributed by atoms with Crippen LogP contribution in [0.4, 0.5) is 14.6 Å². The Kier molecular flexibility index (Phi) is 6.26. The first-order chi connectivity index (χ1) is 17.3. The van der Waals surface area contributed by atoms with Crippen molar-refractivity contribution in [3.05, 3.63) is 54.4 Å². The molecule has 5 rings (SSSR count). The Bertz CT molecular complexity index is 1420. The number of fused-ring (bicyclic) bond motifs is 1. The Morgan fingerprint density at radius 3 is 2.53 bits per heavy atom. The van der Waals surface area contributed by atoms with E-state index in [0.717, 1.165) is 24.2 Å². The number of Topliss-reactive ketones (excluding diaryl/α,β-unsaturated/α-hetero) is 1. The number of halogens is 2. The Morgan fingerprint density at radius 1 is 1.11 bits per heavy atom. The smallest absolute Gasteiger partial charge is 0.387 e. The molecule has 4 aromatic rings. The predicted molar refractivity (Wildman–Crippen MR) is 131 cm³/mol. The van der Waals surface area contributed by atoms with Gasteiger partial charge in [-0.3, -0.25) is 9.20 Å². The molecular formula is C26H25F2N5O3. The second-order valence-electron chi connectivity index (χ2n) is 8.96. The SMILES string of the molecule is COc1cc(-c2cnc3cc(-c4ccc(N(C)C)nn4)ccn23)cc(OC(F)F)c1C(=O)CC1CC1. The second-order valence-corrected chi connectivity index (χ2v) is 8.96. The number of pyridine rings is 1. The third-order valence-corrected chi connectivity index (χ3v) is 6.17. The van der Waals surface area contributed by atoms with E-state index in [4.69, 9.17) is 9.47 Å². The fraction of sp³-hybridized carbons (Fsp3) is 0.308. The van der Waals surface area contributed by atoms with E-state index < -0.39 is 6.61 Å². The third-order valence-electron chi connectivity index (χ3n) is 6.17. The zero-order chi connectivity index (χ0) is 25.4. The number of carbonyl (C=O) groups is 1. The standard InChI is InChI=1S/C26H25F2N5O3/c1-32(2)23-7-6-18(30-31-23)16-8-9-33-19(14-29-24(33)13-16)17-11-21(35-3)25(20(34)10-15-4-5-15)22(12-17)36-26(27)28/h6-9,11-15,26H,4-5,10H2,1-3H3. The van der Waals surface area contributed by atoms with Crippen LogP contribution in [0, 0.1) is 5.92 Å². The number of methoxy groups -OCH3 is 1. The van der Waals surface area contributed by atoms with Gasteiger partial charge in [0.1, 0.15) is 22.7 Å². The summed E-state index contributed by atoms with van der Waals surface area (Å²) in [6.07, 6.45) is 5.66. The Labute approximate surface area is 206 Å².